The molecule has 0 aliphatic carbocycles. The van der Waals surface area contributed by atoms with Gasteiger partial charge in [-0.15, -0.1) is 5.10 Å². The summed E-state index contributed by atoms with van der Waals surface area (Å²) in [6.45, 7) is 4.09. The number of nitrogens with two attached hydrogens (primary N) is 1. The highest BCUT2D eigenvalue weighted by molar-refractivity contribution is 5.56. The number of rotatable bonds is 7. The lowest BCUT2D eigenvalue weighted by atomic mass is 9.72. The van der Waals surface area contributed by atoms with E-state index in [0.717, 1.165) is 11.1 Å². The summed E-state index contributed by atoms with van der Waals surface area (Å²) in [5, 5.41) is 26.2. The van der Waals surface area contributed by atoms with Gasteiger partial charge in [0.1, 0.15) is 11.5 Å². The monoisotopic (exact) mass is 524 g/mol. The second-order valence-electron chi connectivity index (χ2n) is 10.3. The second-order valence-corrected chi connectivity index (χ2v) is 10.3. The Balaban J connectivity index is 1.47. The van der Waals surface area contributed by atoms with Crippen LogP contribution in [0.1, 0.15) is 53.6 Å². The predicted molar refractivity (Wildman–Crippen MR) is 141 cm³/mol. The molecule has 5 rings (SSSR count). The Morgan fingerprint density at radius 2 is 1.67 bits per heavy atom. The van der Waals surface area contributed by atoms with E-state index in [1.807, 2.05) is 30.3 Å². The van der Waals surface area contributed by atoms with Gasteiger partial charge in [-0.25, -0.2) is 8.78 Å². The summed E-state index contributed by atoms with van der Waals surface area (Å²) in [5.41, 5.74) is 7.70. The van der Waals surface area contributed by atoms with Crippen molar-refractivity contribution in [3.63, 3.8) is 0 Å². The van der Waals surface area contributed by atoms with Crippen molar-refractivity contribution < 1.29 is 13.2 Å². The highest BCUT2D eigenvalue weighted by Gasteiger charge is 2.45. The molecule has 3 aromatic carbocycles. The van der Waals surface area contributed by atoms with Crippen LogP contribution in [0.15, 0.2) is 71.1 Å². The number of alkyl halides is 1. The van der Waals surface area contributed by atoms with Gasteiger partial charge in [0.2, 0.25) is 5.89 Å². The van der Waals surface area contributed by atoms with Crippen molar-refractivity contribution in [3.05, 3.63) is 100 Å². The molecule has 1 aliphatic rings. The van der Waals surface area contributed by atoms with E-state index in [0.29, 0.717) is 35.3 Å². The molecule has 0 saturated carbocycles. The van der Waals surface area contributed by atoms with Gasteiger partial charge in [0.15, 0.2) is 0 Å². The Bertz CT molecular complexity index is 1570. The molecule has 2 atom stereocenters. The molecule has 4 aromatic rings. The third kappa shape index (κ3) is 5.36. The Labute approximate surface area is 225 Å². The molecule has 1 saturated heterocycles. The van der Waals surface area contributed by atoms with Gasteiger partial charge in [-0.1, -0.05) is 29.4 Å². The molecule has 2 unspecified atom stereocenters. The van der Waals surface area contributed by atoms with E-state index < -0.39 is 17.4 Å². The van der Waals surface area contributed by atoms with Gasteiger partial charge >= 0.3 is 6.01 Å². The van der Waals surface area contributed by atoms with Crippen molar-refractivity contribution in [3.8, 4) is 23.6 Å². The minimum absolute atomic E-state index is 0.0668. The fourth-order valence-electron chi connectivity index (χ4n) is 5.60. The van der Waals surface area contributed by atoms with Crippen molar-refractivity contribution in [1.82, 2.24) is 15.1 Å². The first-order valence-corrected chi connectivity index (χ1v) is 12.5. The molecule has 39 heavy (non-hydrogen) atoms. The number of halogens is 2. The van der Waals surface area contributed by atoms with E-state index in [9.17, 15) is 14.9 Å². The number of benzene rings is 3. The predicted octanol–water partition coefficient (Wildman–Crippen LogP) is 5.75. The SMILES string of the molecule is CC(C)(F)C(c1cc(F)cc(-c2nnc(N)o2)c1)C1CN(C(c2ccc(C#N)cc2)c2cccc(C#N)c2)C1. The highest BCUT2D eigenvalue weighted by atomic mass is 19.1. The second kappa shape index (κ2) is 10.3. The van der Waals surface area contributed by atoms with Crippen LogP contribution in [-0.4, -0.2) is 33.9 Å². The molecule has 0 radical (unpaired) electrons. The molecule has 0 bridgehead atoms. The van der Waals surface area contributed by atoms with E-state index >= 15 is 4.39 Å². The zero-order valence-corrected chi connectivity index (χ0v) is 21.5. The first-order valence-electron chi connectivity index (χ1n) is 12.5. The van der Waals surface area contributed by atoms with Gasteiger partial charge in [0.25, 0.3) is 0 Å². The normalized spacial score (nSPS) is 15.6. The maximum atomic E-state index is 15.8. The zero-order chi connectivity index (χ0) is 27.7. The van der Waals surface area contributed by atoms with Gasteiger partial charge < -0.3 is 10.2 Å². The topological polar surface area (TPSA) is 116 Å². The molecule has 0 amide bonds. The standard InChI is InChI=1S/C30H26F2N6O/c1-30(2,32)26(22-11-23(13-25(31)12-22)28-36-37-29(35)39-28)24-16-38(17-24)27(20-8-6-18(14-33)7-9-20)21-5-3-4-19(10-21)15-34/h3-13,24,26-27H,16-17H2,1-2H3,(H2,35,37). The van der Waals surface area contributed by atoms with Crippen molar-refractivity contribution >= 4 is 6.01 Å². The summed E-state index contributed by atoms with van der Waals surface area (Å²) >= 11 is 0. The fraction of sp³-hybridized carbons (Fsp3) is 0.267. The van der Waals surface area contributed by atoms with Crippen molar-refractivity contribution in [1.29, 1.82) is 10.5 Å². The molecule has 7 nitrogen and oxygen atoms in total. The van der Waals surface area contributed by atoms with Gasteiger partial charge in [-0.2, -0.15) is 10.5 Å². The van der Waals surface area contributed by atoms with Crippen LogP contribution in [0, 0.1) is 34.4 Å². The number of nitrogens with zero attached hydrogens (tertiary/aromatic N) is 5. The number of likely N-dealkylation sites (tertiary alicyclic amines) is 1. The molecule has 0 spiro atoms. The van der Waals surface area contributed by atoms with Crippen LogP contribution in [0.5, 0.6) is 0 Å². The van der Waals surface area contributed by atoms with Crippen molar-refractivity contribution in [2.75, 3.05) is 18.8 Å². The molecule has 2 heterocycles. The molecule has 1 aromatic heterocycles. The van der Waals surface area contributed by atoms with Crippen LogP contribution in [0.4, 0.5) is 14.8 Å². The molecule has 196 valence electrons. The first-order chi connectivity index (χ1) is 18.7. The Morgan fingerprint density at radius 3 is 2.28 bits per heavy atom. The van der Waals surface area contributed by atoms with Gasteiger partial charge in [-0.05, 0) is 78.9 Å². The summed E-state index contributed by atoms with van der Waals surface area (Å²) in [5.74, 6) is -1.20. The van der Waals surface area contributed by atoms with Crippen LogP contribution < -0.4 is 5.73 Å². The van der Waals surface area contributed by atoms with E-state index in [1.54, 1.807) is 24.3 Å². The molecular formula is C30H26F2N6O. The average molecular weight is 525 g/mol. The summed E-state index contributed by atoms with van der Waals surface area (Å²) in [7, 11) is 0. The van der Waals surface area contributed by atoms with Crippen LogP contribution in [0.25, 0.3) is 11.5 Å². The maximum Gasteiger partial charge on any atom is 0.313 e. The number of hydrogen-bond donors (Lipinski definition) is 1. The van der Waals surface area contributed by atoms with Crippen LogP contribution >= 0.6 is 0 Å². The minimum atomic E-state index is -1.65. The average Bonchev–Trinajstić information content (AvgIpc) is 3.33. The molecule has 9 heteroatoms. The minimum Gasteiger partial charge on any atom is -0.404 e. The number of hydrogen-bond acceptors (Lipinski definition) is 7. The third-order valence-corrected chi connectivity index (χ3v) is 7.17. The number of anilines is 1. The van der Waals surface area contributed by atoms with E-state index in [2.05, 4.69) is 27.2 Å². The largest absolute Gasteiger partial charge is 0.404 e. The molecule has 1 aliphatic heterocycles. The zero-order valence-electron chi connectivity index (χ0n) is 21.5. The number of nitrogen functional groups attached to an aromatic ring is 1. The number of nitriles is 2. The molecule has 1 fully saturated rings. The smallest absolute Gasteiger partial charge is 0.313 e. The van der Waals surface area contributed by atoms with Crippen molar-refractivity contribution in [2.24, 2.45) is 5.92 Å². The van der Waals surface area contributed by atoms with Crippen molar-refractivity contribution in [2.45, 2.75) is 31.5 Å². The Kier molecular flexibility index (Phi) is 6.86. The molecule has 2 N–H and O–H groups in total. The summed E-state index contributed by atoms with van der Waals surface area (Å²) in [6, 6.07) is 23.0. The van der Waals surface area contributed by atoms with E-state index in [-0.39, 0.29) is 23.9 Å². The lowest BCUT2D eigenvalue weighted by Gasteiger charge is -2.50. The van der Waals surface area contributed by atoms with Crippen LogP contribution in [-0.2, 0) is 0 Å². The summed E-state index contributed by atoms with van der Waals surface area (Å²) in [4.78, 5) is 2.21. The van der Waals surface area contributed by atoms with Crippen LogP contribution in [0.2, 0.25) is 0 Å². The third-order valence-electron chi connectivity index (χ3n) is 7.17. The van der Waals surface area contributed by atoms with Gasteiger partial charge in [0.05, 0.1) is 29.3 Å². The highest BCUT2D eigenvalue weighted by Crippen LogP contribution is 2.46. The van der Waals surface area contributed by atoms with Crippen LogP contribution in [0.3, 0.4) is 0 Å². The van der Waals surface area contributed by atoms with Gasteiger partial charge in [0, 0.05) is 24.6 Å². The van der Waals surface area contributed by atoms with E-state index in [4.69, 9.17) is 10.2 Å². The summed E-state index contributed by atoms with van der Waals surface area (Å²) in [6.07, 6.45) is 0. The quantitative estimate of drug-likeness (QED) is 0.327. The Morgan fingerprint density at radius 1 is 0.949 bits per heavy atom. The first kappa shape index (κ1) is 26.0. The lowest BCUT2D eigenvalue weighted by molar-refractivity contribution is 0.00814. The Hall–Kier alpha value is -4.60. The fourth-order valence-corrected chi connectivity index (χ4v) is 5.60. The van der Waals surface area contributed by atoms with Gasteiger partial charge in [-0.3, -0.25) is 4.90 Å². The number of aromatic nitrogens is 2. The molecular weight excluding hydrogens is 498 g/mol. The van der Waals surface area contributed by atoms with E-state index in [1.165, 1.54) is 26.0 Å². The maximum absolute atomic E-state index is 15.8. The summed E-state index contributed by atoms with van der Waals surface area (Å²) < 4.78 is 35.8. The lowest BCUT2D eigenvalue weighted by Crippen LogP contribution is -2.53.